The van der Waals surface area contributed by atoms with Gasteiger partial charge in [-0.15, -0.1) is 0 Å². The van der Waals surface area contributed by atoms with E-state index in [1.807, 2.05) is 23.1 Å². The third-order valence-corrected chi connectivity index (χ3v) is 13.2. The van der Waals surface area contributed by atoms with Gasteiger partial charge in [0.1, 0.15) is 0 Å². The molecule has 2 aliphatic rings. The van der Waals surface area contributed by atoms with Crippen LogP contribution in [0.3, 0.4) is 0 Å². The first-order chi connectivity index (χ1) is 27.0. The van der Waals surface area contributed by atoms with E-state index >= 15 is 0 Å². The average molecular weight is 764 g/mol. The van der Waals surface area contributed by atoms with E-state index in [-0.39, 0.29) is 10.8 Å². The molecule has 1 aromatic heterocycles. The van der Waals surface area contributed by atoms with Crippen LogP contribution in [0.25, 0.3) is 42.7 Å². The van der Waals surface area contributed by atoms with Gasteiger partial charge in [-0.2, -0.15) is 0 Å². The van der Waals surface area contributed by atoms with Gasteiger partial charge in [-0.25, -0.2) is 0 Å². The minimum Gasteiger partial charge on any atom is -0.0888 e. The Balaban J connectivity index is 1.32. The molecule has 0 amide bonds. The van der Waals surface area contributed by atoms with Crippen LogP contribution in [0, 0.1) is 0 Å². The van der Waals surface area contributed by atoms with Gasteiger partial charge in [0, 0.05) is 32.9 Å². The second-order valence-electron chi connectivity index (χ2n) is 17.1. The maximum atomic E-state index is 2.48. The summed E-state index contributed by atoms with van der Waals surface area (Å²) in [6.07, 6.45) is 15.2. The average Bonchev–Trinajstić information content (AvgIpc) is 3.21. The van der Waals surface area contributed by atoms with E-state index in [1.54, 1.807) is 0 Å². The van der Waals surface area contributed by atoms with Crippen LogP contribution in [0.15, 0.2) is 174 Å². The van der Waals surface area contributed by atoms with Gasteiger partial charge in [0.2, 0.25) is 20.9 Å². The van der Waals surface area contributed by atoms with Crippen LogP contribution in [-0.4, -0.2) is 0 Å². The molecule has 0 saturated heterocycles. The molecular formula is C54H51S2+. The van der Waals surface area contributed by atoms with E-state index in [0.717, 1.165) is 19.3 Å². The van der Waals surface area contributed by atoms with Gasteiger partial charge < -0.3 is 0 Å². The maximum Gasteiger partial charge on any atom is 0.239 e. The number of rotatable bonds is 6. The molecule has 0 saturated carbocycles. The van der Waals surface area contributed by atoms with Crippen molar-refractivity contribution in [3.8, 4) is 10.4 Å². The van der Waals surface area contributed by atoms with Crippen LogP contribution in [0.4, 0.5) is 0 Å². The lowest BCUT2D eigenvalue weighted by Crippen LogP contribution is -2.17. The van der Waals surface area contributed by atoms with Crippen molar-refractivity contribution in [3.63, 3.8) is 0 Å². The highest BCUT2D eigenvalue weighted by atomic mass is 32.2. The molecule has 0 nitrogen and oxygen atoms in total. The summed E-state index contributed by atoms with van der Waals surface area (Å²) in [5.74, 6) is 0. The lowest BCUT2D eigenvalue weighted by atomic mass is 9.76. The molecule has 5 aromatic carbocycles. The molecule has 0 bridgehead atoms. The molecule has 278 valence electrons. The SMILES string of the molecule is CC(C)(C)c1cc(C2=C(/C=C/c3cc(-c4ccccc4)[s+]c4ccccc34)CCC/C2=C\C=C2/C=C(c3ccccc3)Sc3ccccc32)cc(C(C)(C)C)c1. The summed E-state index contributed by atoms with van der Waals surface area (Å²) in [6.45, 7) is 14.1. The summed E-state index contributed by atoms with van der Waals surface area (Å²) in [6, 6.07) is 49.1. The summed E-state index contributed by atoms with van der Waals surface area (Å²) in [5.41, 5.74) is 14.7. The summed E-state index contributed by atoms with van der Waals surface area (Å²) < 4.78 is 1.31. The zero-order chi connectivity index (χ0) is 38.9. The standard InChI is InChI=1S/C54H51S2/c1-53(2,3)44-32-43(33-45(36-44)54(4,5)6)52-39(28-30-41-34-50(37-18-9-7-10-19-37)55-48-26-15-13-24-46(41)48)22-17-23-40(52)29-31-42-35-51(38-20-11-8-12-21-38)56-49-27-16-14-25-47(42)49/h7-16,18-21,24-36H,17,22-23H2,1-6H3/q+1. The Hall–Kier alpha value is -5.02. The van der Waals surface area contributed by atoms with Crippen LogP contribution >= 0.6 is 23.1 Å². The smallest absolute Gasteiger partial charge is 0.0888 e. The molecule has 0 radical (unpaired) electrons. The Morgan fingerprint density at radius 3 is 1.95 bits per heavy atom. The molecule has 0 spiro atoms. The van der Waals surface area contributed by atoms with Crippen molar-refractivity contribution in [2.75, 3.05) is 0 Å². The highest BCUT2D eigenvalue weighted by Crippen LogP contribution is 2.46. The van der Waals surface area contributed by atoms with Gasteiger partial charge in [0.25, 0.3) is 0 Å². The first kappa shape index (κ1) is 37.9. The normalized spacial score (nSPS) is 16.5. The van der Waals surface area contributed by atoms with Crippen molar-refractivity contribution in [1.29, 1.82) is 0 Å². The first-order valence-electron chi connectivity index (χ1n) is 20.0. The van der Waals surface area contributed by atoms with Crippen molar-refractivity contribution in [1.82, 2.24) is 0 Å². The van der Waals surface area contributed by atoms with Crippen molar-refractivity contribution in [2.45, 2.75) is 76.5 Å². The first-order valence-corrected chi connectivity index (χ1v) is 21.6. The summed E-state index contributed by atoms with van der Waals surface area (Å²) in [7, 11) is 0. The van der Waals surface area contributed by atoms with Gasteiger partial charge in [0.05, 0.1) is 0 Å². The van der Waals surface area contributed by atoms with Crippen molar-refractivity contribution < 1.29 is 0 Å². The molecule has 2 heteroatoms. The molecule has 56 heavy (non-hydrogen) atoms. The predicted octanol–water partition coefficient (Wildman–Crippen LogP) is 16.3. The molecule has 1 aliphatic heterocycles. The highest BCUT2D eigenvalue weighted by molar-refractivity contribution is 8.08. The summed E-state index contributed by atoms with van der Waals surface area (Å²) >= 11 is 3.73. The lowest BCUT2D eigenvalue weighted by Gasteiger charge is -2.29. The second-order valence-corrected chi connectivity index (χ2v) is 19.3. The van der Waals surface area contributed by atoms with E-state index in [0.29, 0.717) is 0 Å². The zero-order valence-electron chi connectivity index (χ0n) is 33.5. The van der Waals surface area contributed by atoms with E-state index in [1.165, 1.54) is 86.0 Å². The molecule has 0 unspecified atom stereocenters. The van der Waals surface area contributed by atoms with Crippen molar-refractivity contribution in [2.24, 2.45) is 0 Å². The predicted molar refractivity (Wildman–Crippen MR) is 248 cm³/mol. The van der Waals surface area contributed by atoms with Gasteiger partial charge in [-0.3, -0.25) is 0 Å². The Kier molecular flexibility index (Phi) is 10.7. The van der Waals surface area contributed by atoms with E-state index in [9.17, 15) is 0 Å². The molecular weight excluding hydrogens is 713 g/mol. The fourth-order valence-corrected chi connectivity index (χ4v) is 9.97. The Morgan fingerprint density at radius 1 is 0.589 bits per heavy atom. The number of thioether (sulfide) groups is 1. The van der Waals surface area contributed by atoms with E-state index in [2.05, 4.69) is 205 Å². The summed E-state index contributed by atoms with van der Waals surface area (Å²) in [4.78, 5) is 3.88. The maximum absolute atomic E-state index is 2.48. The quantitative estimate of drug-likeness (QED) is 0.152. The van der Waals surface area contributed by atoms with Crippen LogP contribution < -0.4 is 0 Å². The van der Waals surface area contributed by atoms with Crippen molar-refractivity contribution in [3.05, 3.63) is 202 Å². The van der Waals surface area contributed by atoms with Crippen molar-refractivity contribution >= 4 is 55.3 Å². The third-order valence-electron chi connectivity index (χ3n) is 10.9. The molecule has 0 atom stereocenters. The number of benzene rings is 5. The number of hydrogen-bond donors (Lipinski definition) is 0. The molecule has 6 aromatic rings. The van der Waals surface area contributed by atoms with Crippen LogP contribution in [0.5, 0.6) is 0 Å². The summed E-state index contributed by atoms with van der Waals surface area (Å²) in [5, 5.41) is 1.30. The lowest BCUT2D eigenvalue weighted by molar-refractivity contribution is 0.568. The fourth-order valence-electron chi connectivity index (χ4n) is 7.74. The zero-order valence-corrected chi connectivity index (χ0v) is 35.2. The molecule has 0 N–H and O–H groups in total. The largest absolute Gasteiger partial charge is 0.239 e. The van der Waals surface area contributed by atoms with Gasteiger partial charge in [-0.05, 0) is 116 Å². The molecule has 0 fully saturated rings. The highest BCUT2D eigenvalue weighted by Gasteiger charge is 2.25. The topological polar surface area (TPSA) is 0 Å². The molecule has 1 aliphatic carbocycles. The number of fused-ring (bicyclic) bond motifs is 2. The van der Waals surface area contributed by atoms with E-state index in [4.69, 9.17) is 0 Å². The third kappa shape index (κ3) is 8.24. The Morgan fingerprint density at radius 2 is 1.23 bits per heavy atom. The minimum absolute atomic E-state index is 0.0210. The molecule has 2 heterocycles. The van der Waals surface area contributed by atoms with Gasteiger partial charge in [-0.1, -0.05) is 175 Å². The van der Waals surface area contributed by atoms with Crippen LogP contribution in [0.2, 0.25) is 0 Å². The van der Waals surface area contributed by atoms with Crippen LogP contribution in [-0.2, 0) is 10.8 Å². The van der Waals surface area contributed by atoms with Crippen LogP contribution in [0.1, 0.15) is 94.2 Å². The number of allylic oxidation sites excluding steroid dienone is 8. The molecule has 8 rings (SSSR count). The fraction of sp³-hybridized carbons (Fsp3) is 0.204. The Labute approximate surface area is 342 Å². The Bertz CT molecular complexity index is 2530. The second kappa shape index (κ2) is 15.8. The monoisotopic (exact) mass is 763 g/mol. The minimum atomic E-state index is 0.0210. The number of hydrogen-bond acceptors (Lipinski definition) is 1. The van der Waals surface area contributed by atoms with Gasteiger partial charge in [0.15, 0.2) is 0 Å². The van der Waals surface area contributed by atoms with Gasteiger partial charge >= 0.3 is 0 Å². The van der Waals surface area contributed by atoms with E-state index < -0.39 is 0 Å².